The lowest BCUT2D eigenvalue weighted by molar-refractivity contribution is 0.0861. The molecule has 1 saturated heterocycles. The predicted molar refractivity (Wildman–Crippen MR) is 156 cm³/mol. The Hall–Kier alpha value is -4.60. The lowest BCUT2D eigenvalue weighted by atomic mass is 10.1. The number of nitrogens with zero attached hydrogens (tertiary/aromatic N) is 4. The molecule has 41 heavy (non-hydrogen) atoms. The fourth-order valence-corrected chi connectivity index (χ4v) is 5.64. The smallest absolute Gasteiger partial charge is 0.254 e. The molecule has 2 fully saturated rings. The number of amides is 1. The molecule has 1 aliphatic carbocycles. The summed E-state index contributed by atoms with van der Waals surface area (Å²) in [5, 5.41) is 4.10. The predicted octanol–water partition coefficient (Wildman–Crippen LogP) is 6.38. The Morgan fingerprint density at radius 1 is 1.12 bits per heavy atom. The third kappa shape index (κ3) is 4.63. The van der Waals surface area contributed by atoms with E-state index in [1.54, 1.807) is 19.2 Å². The summed E-state index contributed by atoms with van der Waals surface area (Å²) in [4.78, 5) is 32.1. The monoisotopic (exact) mass is 552 g/mol. The Morgan fingerprint density at radius 2 is 1.93 bits per heavy atom. The van der Waals surface area contributed by atoms with Crippen molar-refractivity contribution >= 4 is 39.7 Å². The number of hydrogen-bond donors (Lipinski definition) is 2. The van der Waals surface area contributed by atoms with Crippen LogP contribution in [0.1, 0.15) is 55.8 Å². The maximum Gasteiger partial charge on any atom is 0.254 e. The van der Waals surface area contributed by atoms with E-state index in [-0.39, 0.29) is 17.6 Å². The van der Waals surface area contributed by atoms with Crippen molar-refractivity contribution < 1.29 is 18.7 Å². The zero-order valence-corrected chi connectivity index (χ0v) is 23.6. The molecule has 0 bridgehead atoms. The molecule has 0 atom stereocenters. The van der Waals surface area contributed by atoms with Crippen LogP contribution in [-0.4, -0.2) is 56.0 Å². The van der Waals surface area contributed by atoms with Crippen LogP contribution in [0.2, 0.25) is 0 Å². The van der Waals surface area contributed by atoms with Crippen LogP contribution in [0, 0.1) is 6.92 Å². The first-order valence-corrected chi connectivity index (χ1v) is 14.0. The minimum absolute atomic E-state index is 0.0117. The third-order valence-corrected chi connectivity index (χ3v) is 8.00. The van der Waals surface area contributed by atoms with Crippen LogP contribution in [0.15, 0.2) is 47.0 Å². The molecule has 7 rings (SSSR count). The number of aromatic amines is 1. The van der Waals surface area contributed by atoms with Crippen LogP contribution >= 0.6 is 0 Å². The van der Waals surface area contributed by atoms with Crippen molar-refractivity contribution in [1.82, 2.24) is 24.8 Å². The molecule has 1 aliphatic heterocycles. The van der Waals surface area contributed by atoms with Crippen LogP contribution in [0.4, 0.5) is 11.6 Å². The van der Waals surface area contributed by atoms with Gasteiger partial charge in [-0.05, 0) is 75.4 Å². The van der Waals surface area contributed by atoms with Gasteiger partial charge in [0.15, 0.2) is 11.5 Å². The molecule has 10 nitrogen and oxygen atoms in total. The highest BCUT2D eigenvalue weighted by molar-refractivity contribution is 6.00. The zero-order valence-electron chi connectivity index (χ0n) is 23.6. The first-order chi connectivity index (χ1) is 19.8. The quantitative estimate of drug-likeness (QED) is 0.223. The number of oxazole rings is 1. The van der Waals surface area contributed by atoms with Crippen molar-refractivity contribution in [2.75, 3.05) is 19.0 Å². The number of benzene rings is 2. The van der Waals surface area contributed by atoms with Crippen LogP contribution in [0.25, 0.3) is 33.3 Å². The molecule has 2 N–H and O–H groups in total. The van der Waals surface area contributed by atoms with Gasteiger partial charge in [0.1, 0.15) is 23.0 Å². The lowest BCUT2D eigenvalue weighted by Crippen LogP contribution is -2.18. The van der Waals surface area contributed by atoms with E-state index in [4.69, 9.17) is 23.9 Å². The highest BCUT2D eigenvalue weighted by Crippen LogP contribution is 2.39. The number of aromatic nitrogens is 4. The number of methoxy groups -OCH3 is 1. The number of carbonyl (C=O) groups excluding carboxylic acids is 1. The summed E-state index contributed by atoms with van der Waals surface area (Å²) in [5.74, 6) is 2.03. The third-order valence-electron chi connectivity index (χ3n) is 8.00. The molecule has 0 radical (unpaired) electrons. The van der Waals surface area contributed by atoms with Crippen LogP contribution in [0.3, 0.4) is 0 Å². The fourth-order valence-electron chi connectivity index (χ4n) is 5.64. The number of fused-ring (bicyclic) bond motifs is 2. The SMILES string of the molecule is COc1cc(C(=O)N2CC2(C)C)ccc1Nc1nc(OC2CCCC2)c2c(-c3ccc4nc(C)oc4c3)c[nH]c2n1. The summed E-state index contributed by atoms with van der Waals surface area (Å²) in [6.45, 7) is 6.69. The van der Waals surface area contributed by atoms with E-state index in [9.17, 15) is 4.79 Å². The second-order valence-corrected chi connectivity index (χ2v) is 11.5. The van der Waals surface area contributed by atoms with Gasteiger partial charge in [-0.1, -0.05) is 6.07 Å². The van der Waals surface area contributed by atoms with E-state index in [0.29, 0.717) is 40.4 Å². The lowest BCUT2D eigenvalue weighted by Gasteiger charge is -2.16. The largest absolute Gasteiger partial charge is 0.495 e. The maximum absolute atomic E-state index is 12.9. The van der Waals surface area contributed by atoms with E-state index in [1.807, 2.05) is 42.3 Å². The highest BCUT2D eigenvalue weighted by Gasteiger charge is 2.46. The summed E-state index contributed by atoms with van der Waals surface area (Å²) >= 11 is 0. The molecule has 10 heteroatoms. The summed E-state index contributed by atoms with van der Waals surface area (Å²) in [7, 11) is 1.58. The van der Waals surface area contributed by atoms with Gasteiger partial charge < -0.3 is 29.1 Å². The molecule has 1 saturated carbocycles. The van der Waals surface area contributed by atoms with Gasteiger partial charge in [-0.25, -0.2) is 4.98 Å². The molecule has 2 aromatic carbocycles. The van der Waals surface area contributed by atoms with Crippen molar-refractivity contribution in [1.29, 1.82) is 0 Å². The average Bonchev–Trinajstić information content (AvgIpc) is 3.41. The van der Waals surface area contributed by atoms with E-state index >= 15 is 0 Å². The van der Waals surface area contributed by atoms with Crippen molar-refractivity contribution in [3.8, 4) is 22.8 Å². The standard InChI is InChI=1S/C31H32N6O4/c1-17-33-23-11-9-18(13-25(23)40-17)21-15-32-27-26(21)28(41-20-7-5-6-8-20)36-30(35-27)34-22-12-10-19(14-24(22)39-4)29(38)37-16-31(37,2)3/h9-15,20H,5-8,16H2,1-4H3,(H2,32,34,35,36). The van der Waals surface area contributed by atoms with Gasteiger partial charge >= 0.3 is 0 Å². The number of rotatable bonds is 7. The molecule has 0 spiro atoms. The summed E-state index contributed by atoms with van der Waals surface area (Å²) in [6, 6.07) is 11.3. The van der Waals surface area contributed by atoms with Gasteiger partial charge in [0.05, 0.1) is 23.7 Å². The van der Waals surface area contributed by atoms with Crippen LogP contribution in [-0.2, 0) is 0 Å². The van der Waals surface area contributed by atoms with Gasteiger partial charge in [-0.2, -0.15) is 9.97 Å². The topological polar surface area (TPSA) is 118 Å². The average molecular weight is 553 g/mol. The number of anilines is 2. The molecular weight excluding hydrogens is 520 g/mol. The Morgan fingerprint density at radius 3 is 2.68 bits per heavy atom. The Labute approximate surface area is 237 Å². The van der Waals surface area contributed by atoms with Gasteiger partial charge in [0, 0.05) is 30.8 Å². The van der Waals surface area contributed by atoms with Gasteiger partial charge in [-0.15, -0.1) is 0 Å². The van der Waals surface area contributed by atoms with Crippen molar-refractivity contribution in [2.45, 2.75) is 58.1 Å². The fraction of sp³-hybridized carbons (Fsp3) is 0.355. The summed E-state index contributed by atoms with van der Waals surface area (Å²) < 4.78 is 17.9. The Kier molecular flexibility index (Phi) is 5.88. The number of nitrogens with one attached hydrogen (secondary N) is 2. The molecule has 3 aromatic heterocycles. The second kappa shape index (κ2) is 9.50. The Bertz CT molecular complexity index is 1800. The zero-order chi connectivity index (χ0) is 28.3. The first kappa shape index (κ1) is 25.4. The van der Waals surface area contributed by atoms with E-state index in [1.165, 1.54) is 0 Å². The molecule has 4 heterocycles. The van der Waals surface area contributed by atoms with Crippen molar-refractivity contribution in [2.24, 2.45) is 0 Å². The normalized spacial score (nSPS) is 16.4. The minimum Gasteiger partial charge on any atom is -0.495 e. The first-order valence-electron chi connectivity index (χ1n) is 14.0. The molecular formula is C31H32N6O4. The molecule has 2 aliphatic rings. The molecule has 0 unspecified atom stereocenters. The number of carbonyl (C=O) groups is 1. The summed E-state index contributed by atoms with van der Waals surface area (Å²) in [5.41, 5.74) is 5.19. The van der Waals surface area contributed by atoms with Gasteiger partial charge in [-0.3, -0.25) is 4.79 Å². The van der Waals surface area contributed by atoms with Crippen molar-refractivity contribution in [3.63, 3.8) is 0 Å². The molecule has 5 aromatic rings. The maximum atomic E-state index is 12.9. The molecule has 210 valence electrons. The number of H-pyrrole nitrogens is 1. The van der Waals surface area contributed by atoms with Gasteiger partial charge in [0.25, 0.3) is 5.91 Å². The van der Waals surface area contributed by atoms with E-state index < -0.39 is 0 Å². The number of ether oxygens (including phenoxy) is 2. The van der Waals surface area contributed by atoms with Crippen LogP contribution in [0.5, 0.6) is 11.6 Å². The molecule has 1 amide bonds. The van der Waals surface area contributed by atoms with Gasteiger partial charge in [0.2, 0.25) is 11.8 Å². The van der Waals surface area contributed by atoms with E-state index in [2.05, 4.69) is 29.1 Å². The van der Waals surface area contributed by atoms with Crippen LogP contribution < -0.4 is 14.8 Å². The number of hydrogen-bond acceptors (Lipinski definition) is 8. The number of aryl methyl sites for hydroxylation is 1. The summed E-state index contributed by atoms with van der Waals surface area (Å²) in [6.07, 6.45) is 6.29. The van der Waals surface area contributed by atoms with Crippen molar-refractivity contribution in [3.05, 3.63) is 54.0 Å². The second-order valence-electron chi connectivity index (χ2n) is 11.5. The van der Waals surface area contributed by atoms with E-state index in [0.717, 1.165) is 59.8 Å². The Balaban J connectivity index is 1.26. The highest BCUT2D eigenvalue weighted by atomic mass is 16.5. The minimum atomic E-state index is -0.103.